The van der Waals surface area contributed by atoms with E-state index in [1.807, 2.05) is 0 Å². The average molecular weight is 304 g/mol. The molecular weight excluding hydrogens is 288 g/mol. The third-order valence-corrected chi connectivity index (χ3v) is 3.38. The number of nitro groups is 1. The summed E-state index contributed by atoms with van der Waals surface area (Å²) in [6.45, 7) is 3.69. The first kappa shape index (κ1) is 15.7. The standard InChI is InChI=1S/C15H16N2O5/c1-3-12(15(19)22-4-2)16-13-7-6-11(17(20)21)9-10(13)5-8-14(16)18/h5-9,12H,3-4H2,1-2H3. The minimum atomic E-state index is -0.752. The highest BCUT2D eigenvalue weighted by molar-refractivity contribution is 5.84. The van der Waals surface area contributed by atoms with Gasteiger partial charge in [0, 0.05) is 23.6 Å². The Hall–Kier alpha value is -2.70. The second-order valence-corrected chi connectivity index (χ2v) is 4.72. The summed E-state index contributed by atoms with van der Waals surface area (Å²) in [5, 5.41) is 11.4. The van der Waals surface area contributed by atoms with E-state index in [0.29, 0.717) is 17.3 Å². The first-order chi connectivity index (χ1) is 10.5. The van der Waals surface area contributed by atoms with E-state index in [4.69, 9.17) is 4.74 Å². The normalized spacial score (nSPS) is 12.1. The molecule has 0 radical (unpaired) electrons. The molecule has 116 valence electrons. The number of benzene rings is 1. The molecule has 1 aromatic carbocycles. The van der Waals surface area contributed by atoms with Crippen LogP contribution in [0, 0.1) is 10.1 Å². The molecule has 0 spiro atoms. The summed E-state index contributed by atoms with van der Waals surface area (Å²) >= 11 is 0. The zero-order chi connectivity index (χ0) is 16.3. The largest absolute Gasteiger partial charge is 0.464 e. The lowest BCUT2D eigenvalue weighted by Crippen LogP contribution is -2.30. The average Bonchev–Trinajstić information content (AvgIpc) is 2.49. The summed E-state index contributed by atoms with van der Waals surface area (Å²) < 4.78 is 6.34. The fourth-order valence-electron chi connectivity index (χ4n) is 2.38. The van der Waals surface area contributed by atoms with Gasteiger partial charge in [-0.15, -0.1) is 0 Å². The highest BCUT2D eigenvalue weighted by Gasteiger charge is 2.23. The number of hydrogen-bond acceptors (Lipinski definition) is 5. The number of carbonyl (C=O) groups is 1. The Morgan fingerprint density at radius 2 is 2.05 bits per heavy atom. The Kier molecular flexibility index (Phi) is 4.55. The molecule has 0 saturated heterocycles. The molecule has 0 aliphatic rings. The van der Waals surface area contributed by atoms with Gasteiger partial charge in [-0.3, -0.25) is 19.5 Å². The van der Waals surface area contributed by atoms with Gasteiger partial charge in [0.15, 0.2) is 0 Å². The van der Waals surface area contributed by atoms with Gasteiger partial charge in [0.2, 0.25) is 0 Å². The number of fused-ring (bicyclic) bond motifs is 1. The van der Waals surface area contributed by atoms with Crippen molar-refractivity contribution >= 4 is 22.6 Å². The summed E-state index contributed by atoms with van der Waals surface area (Å²) in [6, 6.07) is 6.24. The molecule has 2 aromatic rings. The molecule has 0 saturated carbocycles. The Bertz CT molecular complexity index is 781. The van der Waals surface area contributed by atoms with E-state index in [1.165, 1.54) is 34.9 Å². The molecule has 0 amide bonds. The monoisotopic (exact) mass is 304 g/mol. The molecule has 7 heteroatoms. The predicted molar refractivity (Wildman–Crippen MR) is 80.8 cm³/mol. The van der Waals surface area contributed by atoms with Crippen molar-refractivity contribution in [1.29, 1.82) is 0 Å². The van der Waals surface area contributed by atoms with Gasteiger partial charge in [0.05, 0.1) is 17.0 Å². The second kappa shape index (κ2) is 6.38. The third-order valence-electron chi connectivity index (χ3n) is 3.38. The number of nitrogens with zero attached hydrogens (tertiary/aromatic N) is 2. The topological polar surface area (TPSA) is 91.4 Å². The van der Waals surface area contributed by atoms with E-state index < -0.39 is 16.9 Å². The van der Waals surface area contributed by atoms with E-state index in [9.17, 15) is 19.7 Å². The van der Waals surface area contributed by atoms with Gasteiger partial charge < -0.3 is 4.74 Å². The Morgan fingerprint density at radius 1 is 1.32 bits per heavy atom. The summed E-state index contributed by atoms with van der Waals surface area (Å²) in [7, 11) is 0. The van der Waals surface area contributed by atoms with Crippen molar-refractivity contribution in [2.24, 2.45) is 0 Å². The van der Waals surface area contributed by atoms with Crippen LogP contribution in [0.3, 0.4) is 0 Å². The molecule has 0 aliphatic carbocycles. The summed E-state index contributed by atoms with van der Waals surface area (Å²) in [5.41, 5.74) is 0.0566. The lowest BCUT2D eigenvalue weighted by Gasteiger charge is -2.18. The van der Waals surface area contributed by atoms with Crippen LogP contribution in [-0.2, 0) is 9.53 Å². The Morgan fingerprint density at radius 3 is 2.64 bits per heavy atom. The molecule has 7 nitrogen and oxygen atoms in total. The van der Waals surface area contributed by atoms with E-state index in [1.54, 1.807) is 13.8 Å². The lowest BCUT2D eigenvalue weighted by atomic mass is 10.1. The number of nitro benzene ring substituents is 1. The van der Waals surface area contributed by atoms with Gasteiger partial charge in [0.25, 0.3) is 11.2 Å². The summed E-state index contributed by atoms with van der Waals surface area (Å²) in [4.78, 5) is 34.6. The van der Waals surface area contributed by atoms with Gasteiger partial charge in [-0.05, 0) is 25.5 Å². The maximum absolute atomic E-state index is 12.2. The Balaban J connectivity index is 2.66. The van der Waals surface area contributed by atoms with Crippen LogP contribution in [0.1, 0.15) is 26.3 Å². The zero-order valence-electron chi connectivity index (χ0n) is 12.3. The predicted octanol–water partition coefficient (Wildman–Crippen LogP) is 2.42. The van der Waals surface area contributed by atoms with Gasteiger partial charge in [0.1, 0.15) is 6.04 Å². The number of non-ortho nitro benzene ring substituents is 1. The van der Waals surface area contributed by atoms with E-state index in [-0.39, 0.29) is 17.9 Å². The number of esters is 1. The fraction of sp³-hybridized carbons (Fsp3) is 0.333. The minimum absolute atomic E-state index is 0.0677. The molecular formula is C15H16N2O5. The number of rotatable bonds is 5. The first-order valence-corrected chi connectivity index (χ1v) is 6.96. The second-order valence-electron chi connectivity index (χ2n) is 4.72. The fourth-order valence-corrected chi connectivity index (χ4v) is 2.38. The molecule has 0 fully saturated rings. The number of carbonyl (C=O) groups excluding carboxylic acids is 1. The van der Waals surface area contributed by atoms with Crippen LogP contribution in [-0.4, -0.2) is 22.1 Å². The number of ether oxygens (including phenoxy) is 1. The van der Waals surface area contributed by atoms with Crippen molar-refractivity contribution in [2.75, 3.05) is 6.61 Å². The van der Waals surface area contributed by atoms with Gasteiger partial charge in [-0.25, -0.2) is 4.79 Å². The number of pyridine rings is 1. The van der Waals surface area contributed by atoms with Crippen molar-refractivity contribution in [1.82, 2.24) is 4.57 Å². The van der Waals surface area contributed by atoms with Crippen LogP contribution < -0.4 is 5.56 Å². The molecule has 2 rings (SSSR count). The van der Waals surface area contributed by atoms with Crippen LogP contribution in [0.5, 0.6) is 0 Å². The van der Waals surface area contributed by atoms with E-state index in [0.717, 1.165) is 0 Å². The maximum atomic E-state index is 12.2. The lowest BCUT2D eigenvalue weighted by molar-refractivity contribution is -0.384. The van der Waals surface area contributed by atoms with Gasteiger partial charge in [-0.2, -0.15) is 0 Å². The smallest absolute Gasteiger partial charge is 0.329 e. The van der Waals surface area contributed by atoms with Crippen molar-refractivity contribution in [3.8, 4) is 0 Å². The van der Waals surface area contributed by atoms with Crippen LogP contribution in [0.15, 0.2) is 35.1 Å². The molecule has 0 N–H and O–H groups in total. The van der Waals surface area contributed by atoms with Crippen molar-refractivity contribution < 1.29 is 14.5 Å². The molecule has 1 aromatic heterocycles. The van der Waals surface area contributed by atoms with E-state index >= 15 is 0 Å². The van der Waals surface area contributed by atoms with Gasteiger partial charge in [-0.1, -0.05) is 6.92 Å². The molecule has 1 unspecified atom stereocenters. The minimum Gasteiger partial charge on any atom is -0.464 e. The molecule has 1 atom stereocenters. The summed E-state index contributed by atoms with van der Waals surface area (Å²) in [5.74, 6) is -0.488. The number of aromatic nitrogens is 1. The zero-order valence-corrected chi connectivity index (χ0v) is 12.3. The maximum Gasteiger partial charge on any atom is 0.329 e. The third kappa shape index (κ3) is 2.83. The van der Waals surface area contributed by atoms with Crippen molar-refractivity contribution in [3.05, 3.63) is 50.8 Å². The van der Waals surface area contributed by atoms with Crippen molar-refractivity contribution in [3.63, 3.8) is 0 Å². The van der Waals surface area contributed by atoms with Crippen LogP contribution in [0.4, 0.5) is 5.69 Å². The molecule has 0 aliphatic heterocycles. The molecule has 22 heavy (non-hydrogen) atoms. The van der Waals surface area contributed by atoms with Crippen molar-refractivity contribution in [2.45, 2.75) is 26.3 Å². The molecule has 0 bridgehead atoms. The van der Waals surface area contributed by atoms with Gasteiger partial charge >= 0.3 is 5.97 Å². The first-order valence-electron chi connectivity index (χ1n) is 6.96. The quantitative estimate of drug-likeness (QED) is 0.480. The highest BCUT2D eigenvalue weighted by Crippen LogP contribution is 2.23. The number of hydrogen-bond donors (Lipinski definition) is 0. The highest BCUT2D eigenvalue weighted by atomic mass is 16.6. The van der Waals surface area contributed by atoms with E-state index in [2.05, 4.69) is 0 Å². The Labute approximate surface area is 126 Å². The van der Waals surface area contributed by atoms with Crippen LogP contribution in [0.25, 0.3) is 10.9 Å². The SMILES string of the molecule is CCOC(=O)C(CC)n1c(=O)ccc2cc([N+](=O)[O-])ccc21. The van der Waals surface area contributed by atoms with Crippen LogP contribution >= 0.6 is 0 Å². The summed E-state index contributed by atoms with van der Waals surface area (Å²) in [6.07, 6.45) is 0.384. The molecule has 1 heterocycles. The van der Waals surface area contributed by atoms with Crippen LogP contribution in [0.2, 0.25) is 0 Å².